The molecule has 0 aliphatic carbocycles. The summed E-state index contributed by atoms with van der Waals surface area (Å²) in [6.45, 7) is 2.70. The zero-order valence-corrected chi connectivity index (χ0v) is 16.0. The third kappa shape index (κ3) is 3.56. The van der Waals surface area contributed by atoms with Crippen molar-refractivity contribution in [1.29, 1.82) is 0 Å². The minimum absolute atomic E-state index is 0.0644. The summed E-state index contributed by atoms with van der Waals surface area (Å²) in [5.74, 6) is -0.0644. The number of benzene rings is 2. The van der Waals surface area contributed by atoms with Crippen LogP contribution in [0.2, 0.25) is 0 Å². The van der Waals surface area contributed by atoms with E-state index in [1.165, 1.54) is 10.9 Å². The number of carbonyl (C=O) groups excluding carboxylic acids is 1. The maximum absolute atomic E-state index is 12.8. The summed E-state index contributed by atoms with van der Waals surface area (Å²) in [4.78, 5) is 16.1. The highest BCUT2D eigenvalue weighted by molar-refractivity contribution is 5.95. The number of hydrogen-bond donors (Lipinski definition) is 2. The Morgan fingerprint density at radius 1 is 1.07 bits per heavy atom. The molecule has 2 heterocycles. The first-order valence-electron chi connectivity index (χ1n) is 9.73. The number of fused-ring (bicyclic) bond motifs is 1. The molecule has 0 unspecified atom stereocenters. The molecule has 0 atom stereocenters. The van der Waals surface area contributed by atoms with Crippen molar-refractivity contribution in [3.05, 3.63) is 83.8 Å². The second-order valence-electron chi connectivity index (χ2n) is 6.87. The number of nitrogens with zero attached hydrogens (tertiary/aromatic N) is 2. The van der Waals surface area contributed by atoms with E-state index >= 15 is 0 Å². The van der Waals surface area contributed by atoms with E-state index in [1.54, 1.807) is 6.20 Å². The minimum atomic E-state index is -0.0644. The number of carbonyl (C=O) groups is 1. The highest BCUT2D eigenvalue weighted by atomic mass is 16.1. The topological polar surface area (TPSA) is 62.7 Å². The third-order valence-electron chi connectivity index (χ3n) is 4.96. The van der Waals surface area contributed by atoms with Gasteiger partial charge in [-0.1, -0.05) is 49.7 Å². The highest BCUT2D eigenvalue weighted by Gasteiger charge is 2.17. The molecular weight excluding hydrogens is 348 g/mol. The van der Waals surface area contributed by atoms with Crippen molar-refractivity contribution in [2.75, 3.05) is 6.54 Å². The zero-order valence-electron chi connectivity index (χ0n) is 16.0. The minimum Gasteiger partial charge on any atom is -0.361 e. The van der Waals surface area contributed by atoms with E-state index in [2.05, 4.69) is 34.5 Å². The van der Waals surface area contributed by atoms with Crippen molar-refractivity contribution in [3.63, 3.8) is 0 Å². The Hall–Kier alpha value is -3.34. The molecule has 0 saturated heterocycles. The summed E-state index contributed by atoms with van der Waals surface area (Å²) in [7, 11) is 0. The largest absolute Gasteiger partial charge is 0.361 e. The van der Waals surface area contributed by atoms with E-state index in [1.807, 2.05) is 53.3 Å². The molecule has 0 fully saturated rings. The molecule has 0 spiro atoms. The summed E-state index contributed by atoms with van der Waals surface area (Å²) >= 11 is 0. The molecule has 2 aromatic heterocycles. The number of H-pyrrole nitrogens is 1. The highest BCUT2D eigenvalue weighted by Crippen LogP contribution is 2.19. The van der Waals surface area contributed by atoms with Crippen molar-refractivity contribution in [2.24, 2.45) is 0 Å². The molecule has 28 heavy (non-hydrogen) atoms. The number of nitrogens with one attached hydrogen (secondary N) is 2. The lowest BCUT2D eigenvalue weighted by Gasteiger charge is -2.09. The first kappa shape index (κ1) is 18.0. The number of aromatic amines is 1. The van der Waals surface area contributed by atoms with Gasteiger partial charge in [0, 0.05) is 23.6 Å². The Kier molecular flexibility index (Phi) is 5.24. The van der Waals surface area contributed by atoms with Crippen molar-refractivity contribution in [3.8, 4) is 5.69 Å². The maximum atomic E-state index is 12.8. The van der Waals surface area contributed by atoms with E-state index < -0.39 is 0 Å². The second kappa shape index (κ2) is 8.13. The van der Waals surface area contributed by atoms with Crippen LogP contribution in [0.5, 0.6) is 0 Å². The van der Waals surface area contributed by atoms with Crippen LogP contribution in [0.1, 0.15) is 35.0 Å². The molecule has 0 bridgehead atoms. The third-order valence-corrected chi connectivity index (χ3v) is 4.96. The van der Waals surface area contributed by atoms with Gasteiger partial charge in [0.1, 0.15) is 0 Å². The number of para-hydroxylation sites is 2. The molecule has 0 radical (unpaired) electrons. The summed E-state index contributed by atoms with van der Waals surface area (Å²) in [6.07, 6.45) is 6.24. The fourth-order valence-corrected chi connectivity index (χ4v) is 3.58. The van der Waals surface area contributed by atoms with Crippen molar-refractivity contribution in [1.82, 2.24) is 20.1 Å². The van der Waals surface area contributed by atoms with Crippen LogP contribution < -0.4 is 5.32 Å². The van der Waals surface area contributed by atoms with Crippen LogP contribution in [0.25, 0.3) is 16.6 Å². The van der Waals surface area contributed by atoms with Gasteiger partial charge in [0.2, 0.25) is 0 Å². The Morgan fingerprint density at radius 2 is 1.86 bits per heavy atom. The molecule has 5 heteroatoms. The predicted octanol–water partition coefficient (Wildman–Crippen LogP) is 4.28. The van der Waals surface area contributed by atoms with Gasteiger partial charge in [0.25, 0.3) is 5.91 Å². The first-order chi connectivity index (χ1) is 13.8. The van der Waals surface area contributed by atoms with Gasteiger partial charge in [0.15, 0.2) is 0 Å². The van der Waals surface area contributed by atoms with Crippen molar-refractivity contribution < 1.29 is 4.79 Å². The molecule has 0 aliphatic heterocycles. The molecule has 0 aliphatic rings. The van der Waals surface area contributed by atoms with E-state index in [0.717, 1.165) is 36.2 Å². The smallest absolute Gasteiger partial charge is 0.254 e. The van der Waals surface area contributed by atoms with Gasteiger partial charge < -0.3 is 10.3 Å². The molecule has 1 amide bonds. The Morgan fingerprint density at radius 3 is 2.68 bits per heavy atom. The van der Waals surface area contributed by atoms with Gasteiger partial charge in [0.05, 0.1) is 23.1 Å². The van der Waals surface area contributed by atoms with E-state index in [9.17, 15) is 4.79 Å². The van der Waals surface area contributed by atoms with Crippen LogP contribution in [0.4, 0.5) is 0 Å². The molecule has 0 saturated carbocycles. The van der Waals surface area contributed by atoms with Gasteiger partial charge in [-0.3, -0.25) is 4.79 Å². The first-order valence-corrected chi connectivity index (χ1v) is 9.73. The molecule has 2 aromatic carbocycles. The average Bonchev–Trinajstić information content (AvgIpc) is 3.34. The van der Waals surface area contributed by atoms with E-state index in [4.69, 9.17) is 0 Å². The molecule has 4 rings (SSSR count). The normalized spacial score (nSPS) is 11.0. The predicted molar refractivity (Wildman–Crippen MR) is 112 cm³/mol. The van der Waals surface area contributed by atoms with Gasteiger partial charge in [-0.05, 0) is 36.6 Å². The Bertz CT molecular complexity index is 1080. The van der Waals surface area contributed by atoms with Crippen LogP contribution >= 0.6 is 0 Å². The molecular formula is C23H24N4O. The summed E-state index contributed by atoms with van der Waals surface area (Å²) in [5.41, 5.74) is 4.93. The Balaban J connectivity index is 1.48. The lowest BCUT2D eigenvalue weighted by Crippen LogP contribution is -2.26. The van der Waals surface area contributed by atoms with Gasteiger partial charge >= 0.3 is 0 Å². The number of hydrogen-bond acceptors (Lipinski definition) is 2. The number of rotatable bonds is 7. The van der Waals surface area contributed by atoms with Gasteiger partial charge in [-0.15, -0.1) is 0 Å². The monoisotopic (exact) mass is 372 g/mol. The number of aromatic nitrogens is 3. The van der Waals surface area contributed by atoms with E-state index in [0.29, 0.717) is 12.1 Å². The van der Waals surface area contributed by atoms with Crippen LogP contribution in [-0.4, -0.2) is 27.2 Å². The molecule has 5 nitrogen and oxygen atoms in total. The van der Waals surface area contributed by atoms with Crippen molar-refractivity contribution >= 4 is 16.8 Å². The average molecular weight is 372 g/mol. The fraction of sp³-hybridized carbons (Fsp3) is 0.217. The van der Waals surface area contributed by atoms with Gasteiger partial charge in [-0.2, -0.15) is 5.10 Å². The lowest BCUT2D eigenvalue weighted by atomic mass is 10.1. The summed E-state index contributed by atoms with van der Waals surface area (Å²) < 4.78 is 1.87. The summed E-state index contributed by atoms with van der Waals surface area (Å²) in [6, 6.07) is 18.2. The summed E-state index contributed by atoms with van der Waals surface area (Å²) in [5, 5.41) is 8.74. The van der Waals surface area contributed by atoms with Crippen LogP contribution in [0, 0.1) is 0 Å². The second-order valence-corrected chi connectivity index (χ2v) is 6.87. The van der Waals surface area contributed by atoms with Crippen molar-refractivity contribution in [2.45, 2.75) is 26.2 Å². The van der Waals surface area contributed by atoms with Crippen LogP contribution in [-0.2, 0) is 12.8 Å². The quantitative estimate of drug-likeness (QED) is 0.509. The molecule has 2 N–H and O–H groups in total. The maximum Gasteiger partial charge on any atom is 0.254 e. The fourth-order valence-electron chi connectivity index (χ4n) is 3.58. The SMILES string of the molecule is CCCc1c(C(=O)NCCc2c[nH]c3ccccc23)cnn1-c1ccccc1. The Labute approximate surface area is 164 Å². The van der Waals surface area contributed by atoms with Crippen LogP contribution in [0.3, 0.4) is 0 Å². The van der Waals surface area contributed by atoms with Crippen LogP contribution in [0.15, 0.2) is 67.0 Å². The van der Waals surface area contributed by atoms with E-state index in [-0.39, 0.29) is 5.91 Å². The number of amides is 1. The standard InChI is InChI=1S/C23H24N4O/c1-2-8-22-20(16-26-27(22)18-9-4-3-5-10-18)23(28)24-14-13-17-15-25-21-12-7-6-11-19(17)21/h3-7,9-12,15-16,25H,2,8,13-14H2,1H3,(H,24,28). The van der Waals surface area contributed by atoms with Gasteiger partial charge in [-0.25, -0.2) is 4.68 Å². The zero-order chi connectivity index (χ0) is 19.3. The molecule has 4 aromatic rings. The lowest BCUT2D eigenvalue weighted by molar-refractivity contribution is 0.0953. The molecule has 142 valence electrons.